The number of amides is 1. The van der Waals surface area contributed by atoms with Crippen molar-refractivity contribution in [2.45, 2.75) is 19.6 Å². The van der Waals surface area contributed by atoms with E-state index in [1.165, 1.54) is 26.4 Å². The van der Waals surface area contributed by atoms with Gasteiger partial charge >= 0.3 is 6.61 Å². The summed E-state index contributed by atoms with van der Waals surface area (Å²) < 4.78 is 39.7. The molecule has 136 valence electrons. The monoisotopic (exact) mass is 366 g/mol. The van der Waals surface area contributed by atoms with Gasteiger partial charge in [-0.3, -0.25) is 4.79 Å². The Morgan fingerprint density at radius 1 is 1.29 bits per heavy atom. The van der Waals surface area contributed by atoms with E-state index in [4.69, 9.17) is 9.47 Å². The van der Waals surface area contributed by atoms with Crippen LogP contribution in [0, 0.1) is 0 Å². The lowest BCUT2D eigenvalue weighted by Gasteiger charge is -2.34. The SMILES string of the molecule is COc1cc(C(=O)N2CCNC[C@H]2C)cc(OC)c1OC(F)F.Cl. The average molecular weight is 367 g/mol. The molecule has 9 heteroatoms. The van der Waals surface area contributed by atoms with Gasteiger partial charge in [0.15, 0.2) is 11.5 Å². The van der Waals surface area contributed by atoms with Crippen LogP contribution >= 0.6 is 12.4 Å². The molecule has 0 saturated carbocycles. The van der Waals surface area contributed by atoms with E-state index in [2.05, 4.69) is 10.1 Å². The topological polar surface area (TPSA) is 60.0 Å². The normalized spacial score (nSPS) is 17.2. The van der Waals surface area contributed by atoms with Crippen LogP contribution in [0.1, 0.15) is 17.3 Å². The molecule has 1 N–H and O–H groups in total. The van der Waals surface area contributed by atoms with E-state index in [-0.39, 0.29) is 41.6 Å². The van der Waals surface area contributed by atoms with Crippen molar-refractivity contribution in [1.82, 2.24) is 10.2 Å². The number of rotatable bonds is 5. The first kappa shape index (κ1) is 20.2. The van der Waals surface area contributed by atoms with Crippen LogP contribution in [-0.4, -0.2) is 57.3 Å². The van der Waals surface area contributed by atoms with Crippen molar-refractivity contribution in [3.63, 3.8) is 0 Å². The maximum Gasteiger partial charge on any atom is 0.387 e. The molecule has 0 radical (unpaired) electrons. The van der Waals surface area contributed by atoms with Gasteiger partial charge in [0, 0.05) is 31.2 Å². The van der Waals surface area contributed by atoms with Gasteiger partial charge in [-0.15, -0.1) is 12.4 Å². The number of alkyl halides is 2. The number of nitrogens with one attached hydrogen (secondary N) is 1. The molecule has 1 aromatic carbocycles. The van der Waals surface area contributed by atoms with Gasteiger partial charge in [-0.25, -0.2) is 0 Å². The molecular formula is C15H21ClF2N2O4. The van der Waals surface area contributed by atoms with Crippen LogP contribution in [0.5, 0.6) is 17.2 Å². The summed E-state index contributed by atoms with van der Waals surface area (Å²) in [5.41, 5.74) is 0.300. The van der Waals surface area contributed by atoms with Crippen molar-refractivity contribution in [2.24, 2.45) is 0 Å². The number of carbonyl (C=O) groups excluding carboxylic acids is 1. The molecule has 1 heterocycles. The van der Waals surface area contributed by atoms with Crippen molar-refractivity contribution in [2.75, 3.05) is 33.9 Å². The predicted octanol–water partition coefficient (Wildman–Crippen LogP) is 2.16. The molecule has 1 aliphatic heterocycles. The summed E-state index contributed by atoms with van der Waals surface area (Å²) in [5.74, 6) is -0.388. The number of ether oxygens (including phenoxy) is 3. The lowest BCUT2D eigenvalue weighted by molar-refractivity contribution is -0.0526. The standard InChI is InChI=1S/C15H20F2N2O4.ClH/c1-9-8-18-4-5-19(9)14(20)10-6-11(21-2)13(23-15(16)17)12(7-10)22-3;/h6-7,9,15,18H,4-5,8H2,1-3H3;1H/t9-;/m1./s1. The molecular weight excluding hydrogens is 346 g/mol. The molecule has 0 spiro atoms. The Kier molecular flexibility index (Phi) is 7.50. The number of carbonyl (C=O) groups is 1. The van der Waals surface area contributed by atoms with E-state index in [9.17, 15) is 13.6 Å². The number of methoxy groups -OCH3 is 2. The summed E-state index contributed by atoms with van der Waals surface area (Å²) in [5, 5.41) is 3.20. The molecule has 1 amide bonds. The third-order valence-electron chi connectivity index (χ3n) is 3.68. The molecule has 0 aliphatic carbocycles. The second kappa shape index (κ2) is 8.89. The molecule has 2 rings (SSSR count). The van der Waals surface area contributed by atoms with Crippen molar-refractivity contribution >= 4 is 18.3 Å². The summed E-state index contributed by atoms with van der Waals surface area (Å²) in [6.07, 6.45) is 0. The Morgan fingerprint density at radius 3 is 2.33 bits per heavy atom. The minimum absolute atomic E-state index is 0. The first-order chi connectivity index (χ1) is 11.0. The van der Waals surface area contributed by atoms with E-state index >= 15 is 0 Å². The second-order valence-corrected chi connectivity index (χ2v) is 5.14. The zero-order valence-corrected chi connectivity index (χ0v) is 14.5. The molecule has 1 fully saturated rings. The summed E-state index contributed by atoms with van der Waals surface area (Å²) in [4.78, 5) is 14.4. The zero-order chi connectivity index (χ0) is 17.0. The van der Waals surface area contributed by atoms with Gasteiger partial charge in [0.05, 0.1) is 14.2 Å². The van der Waals surface area contributed by atoms with Gasteiger partial charge in [-0.05, 0) is 19.1 Å². The maximum absolute atomic E-state index is 12.7. The molecule has 6 nitrogen and oxygen atoms in total. The minimum atomic E-state index is -3.02. The molecule has 1 saturated heterocycles. The van der Waals surface area contributed by atoms with E-state index in [0.29, 0.717) is 25.2 Å². The van der Waals surface area contributed by atoms with Crippen molar-refractivity contribution in [1.29, 1.82) is 0 Å². The highest BCUT2D eigenvalue weighted by molar-refractivity contribution is 5.96. The van der Waals surface area contributed by atoms with Crippen LogP contribution in [0.25, 0.3) is 0 Å². The van der Waals surface area contributed by atoms with E-state index < -0.39 is 6.61 Å². The quantitative estimate of drug-likeness (QED) is 0.865. The van der Waals surface area contributed by atoms with E-state index in [1.807, 2.05) is 6.92 Å². The Labute approximate surface area is 145 Å². The average Bonchev–Trinajstić information content (AvgIpc) is 2.54. The van der Waals surface area contributed by atoms with Gasteiger partial charge in [-0.1, -0.05) is 0 Å². The predicted molar refractivity (Wildman–Crippen MR) is 86.8 cm³/mol. The van der Waals surface area contributed by atoms with Gasteiger partial charge in [-0.2, -0.15) is 8.78 Å². The zero-order valence-electron chi connectivity index (χ0n) is 13.7. The summed E-state index contributed by atoms with van der Waals surface area (Å²) in [6, 6.07) is 2.81. The first-order valence-corrected chi connectivity index (χ1v) is 7.20. The van der Waals surface area contributed by atoms with Crippen LogP contribution in [-0.2, 0) is 0 Å². The third kappa shape index (κ3) is 4.39. The van der Waals surface area contributed by atoms with Gasteiger partial charge in [0.2, 0.25) is 5.75 Å². The Bertz CT molecular complexity index is 549. The summed E-state index contributed by atoms with van der Waals surface area (Å²) in [7, 11) is 2.63. The van der Waals surface area contributed by atoms with E-state index in [1.54, 1.807) is 4.90 Å². The Hall–Kier alpha value is -1.80. The molecule has 0 unspecified atom stereocenters. The number of piperazine rings is 1. The van der Waals surface area contributed by atoms with Gasteiger partial charge in [0.25, 0.3) is 5.91 Å². The number of hydrogen-bond acceptors (Lipinski definition) is 5. The Morgan fingerprint density at radius 2 is 1.88 bits per heavy atom. The fourth-order valence-corrected chi connectivity index (χ4v) is 2.52. The molecule has 0 bridgehead atoms. The van der Waals surface area contributed by atoms with E-state index in [0.717, 1.165) is 0 Å². The third-order valence-corrected chi connectivity index (χ3v) is 3.68. The van der Waals surface area contributed by atoms with Crippen LogP contribution in [0.2, 0.25) is 0 Å². The maximum atomic E-state index is 12.7. The van der Waals surface area contributed by atoms with Crippen LogP contribution in [0.4, 0.5) is 8.78 Å². The minimum Gasteiger partial charge on any atom is -0.493 e. The fraction of sp³-hybridized carbons (Fsp3) is 0.533. The number of nitrogens with zero attached hydrogens (tertiary/aromatic N) is 1. The summed E-state index contributed by atoms with van der Waals surface area (Å²) >= 11 is 0. The molecule has 0 aromatic heterocycles. The van der Waals surface area contributed by atoms with Crippen molar-refractivity contribution in [3.8, 4) is 17.2 Å². The largest absolute Gasteiger partial charge is 0.493 e. The summed E-state index contributed by atoms with van der Waals surface area (Å²) in [6.45, 7) is 0.892. The molecule has 1 aromatic rings. The van der Waals surface area contributed by atoms with Crippen molar-refractivity contribution in [3.05, 3.63) is 17.7 Å². The van der Waals surface area contributed by atoms with Crippen molar-refractivity contribution < 1.29 is 27.8 Å². The van der Waals surface area contributed by atoms with Crippen LogP contribution in [0.3, 0.4) is 0 Å². The number of benzene rings is 1. The smallest absolute Gasteiger partial charge is 0.387 e. The van der Waals surface area contributed by atoms with Crippen LogP contribution < -0.4 is 19.5 Å². The van der Waals surface area contributed by atoms with Gasteiger partial charge in [0.1, 0.15) is 0 Å². The number of halogens is 3. The highest BCUT2D eigenvalue weighted by Crippen LogP contribution is 2.39. The van der Waals surface area contributed by atoms with Crippen LogP contribution in [0.15, 0.2) is 12.1 Å². The van der Waals surface area contributed by atoms with Gasteiger partial charge < -0.3 is 24.4 Å². The highest BCUT2D eigenvalue weighted by atomic mass is 35.5. The lowest BCUT2D eigenvalue weighted by atomic mass is 10.1. The molecule has 24 heavy (non-hydrogen) atoms. The lowest BCUT2D eigenvalue weighted by Crippen LogP contribution is -2.52. The highest BCUT2D eigenvalue weighted by Gasteiger charge is 2.27. The fourth-order valence-electron chi connectivity index (χ4n) is 2.52. The molecule has 1 aliphatic rings. The molecule has 1 atom stereocenters. The first-order valence-electron chi connectivity index (χ1n) is 7.20. The number of hydrogen-bond donors (Lipinski definition) is 1. The second-order valence-electron chi connectivity index (χ2n) is 5.14. The Balaban J connectivity index is 0.00000288.